The lowest BCUT2D eigenvalue weighted by Crippen LogP contribution is -2.17. The van der Waals surface area contributed by atoms with Crippen LogP contribution < -0.4 is 5.32 Å². The summed E-state index contributed by atoms with van der Waals surface area (Å²) in [6.07, 6.45) is 4.72. The van der Waals surface area contributed by atoms with E-state index >= 15 is 0 Å². The van der Waals surface area contributed by atoms with Crippen molar-refractivity contribution in [3.63, 3.8) is 0 Å². The second kappa shape index (κ2) is 5.59. The van der Waals surface area contributed by atoms with E-state index in [4.69, 9.17) is 0 Å². The van der Waals surface area contributed by atoms with Crippen LogP contribution in [-0.2, 0) is 13.0 Å². The highest BCUT2D eigenvalue weighted by Gasteiger charge is 2.04. The van der Waals surface area contributed by atoms with Crippen molar-refractivity contribution in [2.24, 2.45) is 0 Å². The molecule has 4 nitrogen and oxygen atoms in total. The summed E-state index contributed by atoms with van der Waals surface area (Å²) in [5, 5.41) is 10.6. The van der Waals surface area contributed by atoms with Crippen molar-refractivity contribution in [2.45, 2.75) is 26.8 Å². The zero-order valence-electron chi connectivity index (χ0n) is 10.3. The van der Waals surface area contributed by atoms with Gasteiger partial charge >= 0.3 is 0 Å². The second-order valence-electron chi connectivity index (χ2n) is 4.20. The number of aromatic nitrogens is 3. The lowest BCUT2D eigenvalue weighted by molar-refractivity contribution is 0.681. The van der Waals surface area contributed by atoms with Gasteiger partial charge in [-0.3, -0.25) is 10.1 Å². The molecule has 0 aromatic carbocycles. The first-order chi connectivity index (χ1) is 8.27. The number of rotatable bonds is 5. The Morgan fingerprint density at radius 3 is 2.88 bits per heavy atom. The highest BCUT2D eigenvalue weighted by molar-refractivity contribution is 5.22. The van der Waals surface area contributed by atoms with Crippen molar-refractivity contribution in [2.75, 3.05) is 6.54 Å². The van der Waals surface area contributed by atoms with E-state index in [1.165, 1.54) is 11.1 Å². The Labute approximate surface area is 101 Å². The molecule has 0 saturated carbocycles. The van der Waals surface area contributed by atoms with Gasteiger partial charge in [0.2, 0.25) is 0 Å². The molecule has 0 spiro atoms. The summed E-state index contributed by atoms with van der Waals surface area (Å²) in [7, 11) is 0. The Morgan fingerprint density at radius 2 is 2.24 bits per heavy atom. The molecule has 0 radical (unpaired) electrons. The van der Waals surface area contributed by atoms with Crippen molar-refractivity contribution in [3.05, 3.63) is 47.0 Å². The number of aryl methyl sites for hydroxylation is 2. The van der Waals surface area contributed by atoms with Crippen LogP contribution in [0, 0.1) is 13.8 Å². The second-order valence-corrected chi connectivity index (χ2v) is 4.20. The molecule has 17 heavy (non-hydrogen) atoms. The number of hydrogen-bond acceptors (Lipinski definition) is 3. The number of nitrogens with zero attached hydrogens (tertiary/aromatic N) is 2. The van der Waals surface area contributed by atoms with E-state index in [9.17, 15) is 0 Å². The van der Waals surface area contributed by atoms with Crippen molar-refractivity contribution in [1.29, 1.82) is 0 Å². The van der Waals surface area contributed by atoms with Gasteiger partial charge in [-0.25, -0.2) is 0 Å². The van der Waals surface area contributed by atoms with Gasteiger partial charge < -0.3 is 5.32 Å². The Bertz CT molecular complexity index is 442. The highest BCUT2D eigenvalue weighted by atomic mass is 15.1. The summed E-state index contributed by atoms with van der Waals surface area (Å²) in [5.41, 5.74) is 4.77. The van der Waals surface area contributed by atoms with Crippen LogP contribution in [0.25, 0.3) is 0 Å². The smallest absolute Gasteiger partial charge is 0.0638 e. The van der Waals surface area contributed by atoms with Gasteiger partial charge in [-0.15, -0.1) is 0 Å². The van der Waals surface area contributed by atoms with Gasteiger partial charge in [-0.05, 0) is 38.4 Å². The first kappa shape index (κ1) is 11.8. The fourth-order valence-electron chi connectivity index (χ4n) is 1.83. The maximum atomic E-state index is 4.18. The first-order valence-corrected chi connectivity index (χ1v) is 5.87. The molecule has 0 saturated heterocycles. The summed E-state index contributed by atoms with van der Waals surface area (Å²) in [6.45, 7) is 5.91. The number of H-pyrrole nitrogens is 1. The lowest BCUT2D eigenvalue weighted by atomic mass is 10.2. The molecule has 0 bridgehead atoms. The van der Waals surface area contributed by atoms with Crippen molar-refractivity contribution >= 4 is 0 Å². The lowest BCUT2D eigenvalue weighted by Gasteiger charge is -2.05. The minimum Gasteiger partial charge on any atom is -0.312 e. The van der Waals surface area contributed by atoms with Crippen LogP contribution in [0.15, 0.2) is 24.5 Å². The fourth-order valence-corrected chi connectivity index (χ4v) is 1.83. The van der Waals surface area contributed by atoms with Gasteiger partial charge in [0.1, 0.15) is 0 Å². The Morgan fingerprint density at radius 1 is 1.35 bits per heavy atom. The zero-order valence-corrected chi connectivity index (χ0v) is 10.3. The summed E-state index contributed by atoms with van der Waals surface area (Å²) in [5.74, 6) is 0. The summed E-state index contributed by atoms with van der Waals surface area (Å²) >= 11 is 0. The predicted octanol–water partition coefficient (Wildman–Crippen LogP) is 1.75. The average molecular weight is 230 g/mol. The van der Waals surface area contributed by atoms with E-state index in [0.717, 1.165) is 30.9 Å². The minimum atomic E-state index is 0.869. The summed E-state index contributed by atoms with van der Waals surface area (Å²) in [6, 6.07) is 4.07. The molecule has 2 rings (SSSR count). The first-order valence-electron chi connectivity index (χ1n) is 5.87. The fraction of sp³-hybridized carbons (Fsp3) is 0.385. The van der Waals surface area contributed by atoms with Crippen LogP contribution >= 0.6 is 0 Å². The average Bonchev–Trinajstić information content (AvgIpc) is 2.67. The SMILES string of the molecule is Cc1n[nH]c(C)c1CNCCc1cccnc1. The van der Waals surface area contributed by atoms with E-state index in [1.54, 1.807) is 6.20 Å². The number of pyridine rings is 1. The number of aromatic amines is 1. The molecule has 0 fully saturated rings. The van der Waals surface area contributed by atoms with Gasteiger partial charge in [0.05, 0.1) is 5.69 Å². The molecule has 0 aliphatic heterocycles. The summed E-state index contributed by atoms with van der Waals surface area (Å²) < 4.78 is 0. The van der Waals surface area contributed by atoms with E-state index in [2.05, 4.69) is 33.5 Å². The molecule has 90 valence electrons. The standard InChI is InChI=1S/C13H18N4/c1-10-13(11(2)17-16-10)9-15-7-5-12-4-3-6-14-8-12/h3-4,6,8,15H,5,7,9H2,1-2H3,(H,16,17). The molecule has 0 aliphatic carbocycles. The van der Waals surface area contributed by atoms with Gasteiger partial charge in [0, 0.05) is 30.2 Å². The Hall–Kier alpha value is -1.68. The van der Waals surface area contributed by atoms with Crippen molar-refractivity contribution < 1.29 is 0 Å². The monoisotopic (exact) mass is 230 g/mol. The number of hydrogen-bond donors (Lipinski definition) is 2. The van der Waals surface area contributed by atoms with Gasteiger partial charge in [-0.1, -0.05) is 6.07 Å². The van der Waals surface area contributed by atoms with Crippen molar-refractivity contribution in [3.8, 4) is 0 Å². The Balaban J connectivity index is 1.77. The molecule has 2 aromatic rings. The third-order valence-corrected chi connectivity index (χ3v) is 2.90. The van der Waals surface area contributed by atoms with Crippen LogP contribution in [0.1, 0.15) is 22.5 Å². The third-order valence-electron chi connectivity index (χ3n) is 2.90. The van der Waals surface area contributed by atoms with Crippen LogP contribution in [0.2, 0.25) is 0 Å². The zero-order chi connectivity index (χ0) is 12.1. The largest absolute Gasteiger partial charge is 0.312 e. The van der Waals surface area contributed by atoms with E-state index in [-0.39, 0.29) is 0 Å². The molecule has 0 atom stereocenters. The molecular formula is C13H18N4. The molecular weight excluding hydrogens is 212 g/mol. The highest BCUT2D eigenvalue weighted by Crippen LogP contribution is 2.08. The topological polar surface area (TPSA) is 53.6 Å². The molecule has 0 unspecified atom stereocenters. The van der Waals surface area contributed by atoms with Crippen LogP contribution in [0.4, 0.5) is 0 Å². The molecule has 2 heterocycles. The van der Waals surface area contributed by atoms with E-state index < -0.39 is 0 Å². The predicted molar refractivity (Wildman–Crippen MR) is 67.7 cm³/mol. The Kier molecular flexibility index (Phi) is 3.88. The molecule has 4 heteroatoms. The quantitative estimate of drug-likeness (QED) is 0.769. The van der Waals surface area contributed by atoms with Crippen LogP contribution in [0.3, 0.4) is 0 Å². The number of nitrogens with one attached hydrogen (secondary N) is 2. The maximum Gasteiger partial charge on any atom is 0.0638 e. The molecule has 2 N–H and O–H groups in total. The third kappa shape index (κ3) is 3.14. The van der Waals surface area contributed by atoms with Gasteiger partial charge in [0.15, 0.2) is 0 Å². The molecule has 2 aromatic heterocycles. The molecule has 0 amide bonds. The minimum absolute atomic E-state index is 0.869. The van der Waals surface area contributed by atoms with Gasteiger partial charge in [-0.2, -0.15) is 5.10 Å². The summed E-state index contributed by atoms with van der Waals surface area (Å²) in [4.78, 5) is 4.10. The van der Waals surface area contributed by atoms with Crippen LogP contribution in [0.5, 0.6) is 0 Å². The van der Waals surface area contributed by atoms with Crippen molar-refractivity contribution in [1.82, 2.24) is 20.5 Å². The van der Waals surface area contributed by atoms with E-state index in [1.807, 2.05) is 19.2 Å². The normalized spacial score (nSPS) is 10.7. The van der Waals surface area contributed by atoms with E-state index in [0.29, 0.717) is 0 Å². The molecule has 0 aliphatic rings. The maximum absolute atomic E-state index is 4.18. The van der Waals surface area contributed by atoms with Gasteiger partial charge in [0.25, 0.3) is 0 Å². The van der Waals surface area contributed by atoms with Crippen LogP contribution in [-0.4, -0.2) is 21.7 Å².